The highest BCUT2D eigenvalue weighted by atomic mass is 32.2. The van der Waals surface area contributed by atoms with Crippen molar-refractivity contribution in [3.05, 3.63) is 53.3 Å². The van der Waals surface area contributed by atoms with Gasteiger partial charge in [0.1, 0.15) is 10.6 Å². The Morgan fingerprint density at radius 1 is 1.19 bits per heavy atom. The van der Waals surface area contributed by atoms with E-state index >= 15 is 0 Å². The first-order valence-electron chi connectivity index (χ1n) is 10.1. The van der Waals surface area contributed by atoms with Gasteiger partial charge in [-0.1, -0.05) is 12.1 Å². The Hall–Kier alpha value is -2.30. The van der Waals surface area contributed by atoms with Crippen LogP contribution in [0.2, 0.25) is 0 Å². The highest BCUT2D eigenvalue weighted by Gasteiger charge is 2.27. The molecule has 2 N–H and O–H groups in total. The number of nitrogens with one attached hydrogen (secondary N) is 2. The van der Waals surface area contributed by atoms with Gasteiger partial charge in [-0.25, -0.2) is 8.42 Å². The second-order valence-electron chi connectivity index (χ2n) is 7.65. The zero-order valence-electron chi connectivity index (χ0n) is 17.9. The van der Waals surface area contributed by atoms with Crippen LogP contribution in [-0.4, -0.2) is 72.1 Å². The predicted molar refractivity (Wildman–Crippen MR) is 122 cm³/mol. The predicted octanol–water partition coefficient (Wildman–Crippen LogP) is 2.16. The first-order valence-corrected chi connectivity index (χ1v) is 12.7. The Bertz CT molecular complexity index is 1030. The molecule has 31 heavy (non-hydrogen) atoms. The summed E-state index contributed by atoms with van der Waals surface area (Å²) in [7, 11) is -1.84. The summed E-state index contributed by atoms with van der Waals surface area (Å²) in [5, 5.41) is 2.77. The molecule has 0 unspecified atom stereocenters. The van der Waals surface area contributed by atoms with Gasteiger partial charge in [-0.3, -0.25) is 9.59 Å². The summed E-state index contributed by atoms with van der Waals surface area (Å²) in [5.41, 5.74) is 1.61. The van der Waals surface area contributed by atoms with E-state index in [0.29, 0.717) is 18.7 Å². The van der Waals surface area contributed by atoms with Crippen LogP contribution in [0, 0.1) is 0 Å². The van der Waals surface area contributed by atoms with Gasteiger partial charge in [-0.2, -0.15) is 16.1 Å². The summed E-state index contributed by atoms with van der Waals surface area (Å²) in [6.45, 7) is 5.11. The van der Waals surface area contributed by atoms with Crippen molar-refractivity contribution < 1.29 is 18.0 Å². The van der Waals surface area contributed by atoms with Crippen LogP contribution in [0.25, 0.3) is 0 Å². The molecular formula is C21H28N4O4S2. The fourth-order valence-corrected chi connectivity index (χ4v) is 5.64. The summed E-state index contributed by atoms with van der Waals surface area (Å²) >= 11 is 1.73. The minimum Gasteiger partial charge on any atom is -0.356 e. The van der Waals surface area contributed by atoms with Gasteiger partial charge in [0.25, 0.3) is 11.8 Å². The SMILES string of the molecule is CC(C)N(C)C(=O)c1ccc(CNC(=O)c2cc(S(=O)(=O)N3CCSCC3)c[nH]2)cc1. The lowest BCUT2D eigenvalue weighted by atomic mass is 10.1. The molecule has 8 nitrogen and oxygen atoms in total. The van der Waals surface area contributed by atoms with Crippen LogP contribution in [0.1, 0.15) is 40.3 Å². The summed E-state index contributed by atoms with van der Waals surface area (Å²) in [6.07, 6.45) is 1.36. The topological polar surface area (TPSA) is 103 Å². The first-order chi connectivity index (χ1) is 14.7. The van der Waals surface area contributed by atoms with Crippen LogP contribution in [0.5, 0.6) is 0 Å². The van der Waals surface area contributed by atoms with Gasteiger partial charge in [-0.05, 0) is 37.6 Å². The van der Waals surface area contributed by atoms with Crippen LogP contribution in [-0.2, 0) is 16.6 Å². The maximum absolute atomic E-state index is 12.7. The Balaban J connectivity index is 1.60. The number of hydrogen-bond acceptors (Lipinski definition) is 5. The number of aromatic amines is 1. The summed E-state index contributed by atoms with van der Waals surface area (Å²) in [6, 6.07) is 8.53. The number of sulfonamides is 1. The van der Waals surface area contributed by atoms with Crippen LogP contribution in [0.4, 0.5) is 0 Å². The number of carbonyl (C=O) groups is 2. The number of aromatic nitrogens is 1. The quantitative estimate of drug-likeness (QED) is 0.654. The standard InChI is InChI=1S/C21H28N4O4S2/c1-15(2)24(3)21(27)17-6-4-16(5-7-17)13-23-20(26)19-12-18(14-22-19)31(28,29)25-8-10-30-11-9-25/h4-7,12,14-15,22H,8-11,13H2,1-3H3,(H,23,26). The molecule has 3 rings (SSSR count). The molecule has 0 atom stereocenters. The van der Waals surface area contributed by atoms with E-state index in [9.17, 15) is 18.0 Å². The maximum atomic E-state index is 12.7. The van der Waals surface area contributed by atoms with E-state index in [-0.39, 0.29) is 29.1 Å². The molecule has 0 radical (unpaired) electrons. The second-order valence-corrected chi connectivity index (χ2v) is 10.8. The van der Waals surface area contributed by atoms with Crippen LogP contribution in [0.15, 0.2) is 41.4 Å². The molecule has 2 amide bonds. The molecule has 1 aromatic carbocycles. The molecule has 0 aliphatic carbocycles. The van der Waals surface area contributed by atoms with Gasteiger partial charge in [0.15, 0.2) is 0 Å². The third-order valence-electron chi connectivity index (χ3n) is 5.26. The normalized spacial score (nSPS) is 15.1. The molecule has 0 bridgehead atoms. The third-order valence-corrected chi connectivity index (χ3v) is 8.08. The average Bonchev–Trinajstić information content (AvgIpc) is 3.28. The number of rotatable bonds is 7. The van der Waals surface area contributed by atoms with E-state index in [0.717, 1.165) is 17.1 Å². The van der Waals surface area contributed by atoms with Crippen molar-refractivity contribution in [2.75, 3.05) is 31.6 Å². The average molecular weight is 465 g/mol. The number of H-pyrrole nitrogens is 1. The smallest absolute Gasteiger partial charge is 0.268 e. The Morgan fingerprint density at radius 3 is 2.45 bits per heavy atom. The lowest BCUT2D eigenvalue weighted by Crippen LogP contribution is -2.37. The molecule has 10 heteroatoms. The largest absolute Gasteiger partial charge is 0.356 e. The summed E-state index contributed by atoms with van der Waals surface area (Å²) in [5.74, 6) is 1.10. The maximum Gasteiger partial charge on any atom is 0.268 e. The number of amides is 2. The van der Waals surface area contributed by atoms with Crippen LogP contribution in [0.3, 0.4) is 0 Å². The van der Waals surface area contributed by atoms with Gasteiger partial charge in [0, 0.05) is 56.0 Å². The molecule has 1 aliphatic heterocycles. The number of thioether (sulfide) groups is 1. The monoisotopic (exact) mass is 464 g/mol. The van der Waals surface area contributed by atoms with Gasteiger partial charge in [-0.15, -0.1) is 0 Å². The van der Waals surface area contributed by atoms with Crippen molar-refractivity contribution in [1.82, 2.24) is 19.5 Å². The van der Waals surface area contributed by atoms with Crippen LogP contribution >= 0.6 is 11.8 Å². The lowest BCUT2D eigenvalue weighted by molar-refractivity contribution is 0.0754. The van der Waals surface area contributed by atoms with Crippen molar-refractivity contribution in [2.45, 2.75) is 31.3 Å². The highest BCUT2D eigenvalue weighted by molar-refractivity contribution is 7.99. The minimum atomic E-state index is -3.60. The third kappa shape index (κ3) is 5.50. The number of nitrogens with zero attached hydrogens (tertiary/aromatic N) is 2. The fraction of sp³-hybridized carbons (Fsp3) is 0.429. The van der Waals surface area contributed by atoms with Crippen molar-refractivity contribution in [3.8, 4) is 0 Å². The van der Waals surface area contributed by atoms with Gasteiger partial charge in [0.05, 0.1) is 0 Å². The Morgan fingerprint density at radius 2 is 1.84 bits per heavy atom. The highest BCUT2D eigenvalue weighted by Crippen LogP contribution is 2.21. The summed E-state index contributed by atoms with van der Waals surface area (Å²) in [4.78, 5) is 29.3. The van der Waals surface area contributed by atoms with Crippen molar-refractivity contribution in [2.24, 2.45) is 0 Å². The molecule has 0 spiro atoms. The molecular weight excluding hydrogens is 436 g/mol. The number of carbonyl (C=O) groups excluding carboxylic acids is 2. The van der Waals surface area contributed by atoms with Crippen LogP contribution < -0.4 is 5.32 Å². The fourth-order valence-electron chi connectivity index (χ4n) is 3.07. The molecule has 2 heterocycles. The zero-order valence-corrected chi connectivity index (χ0v) is 19.6. The number of hydrogen-bond donors (Lipinski definition) is 2. The first kappa shape index (κ1) is 23.4. The van der Waals surface area contributed by atoms with E-state index in [1.54, 1.807) is 48.0 Å². The molecule has 2 aromatic rings. The van der Waals surface area contributed by atoms with E-state index < -0.39 is 15.9 Å². The van der Waals surface area contributed by atoms with E-state index in [1.165, 1.54) is 16.6 Å². The Labute approximate surface area is 187 Å². The molecule has 1 fully saturated rings. The van der Waals surface area contributed by atoms with E-state index in [4.69, 9.17) is 0 Å². The van der Waals surface area contributed by atoms with Crippen molar-refractivity contribution in [1.29, 1.82) is 0 Å². The molecule has 1 aliphatic rings. The van der Waals surface area contributed by atoms with Gasteiger partial charge < -0.3 is 15.2 Å². The molecule has 168 valence electrons. The van der Waals surface area contributed by atoms with Gasteiger partial charge >= 0.3 is 0 Å². The Kier molecular flexibility index (Phi) is 7.45. The minimum absolute atomic E-state index is 0.0574. The number of benzene rings is 1. The lowest BCUT2D eigenvalue weighted by Gasteiger charge is -2.24. The van der Waals surface area contributed by atoms with Gasteiger partial charge in [0.2, 0.25) is 10.0 Å². The van der Waals surface area contributed by atoms with E-state index in [2.05, 4.69) is 10.3 Å². The second kappa shape index (κ2) is 9.88. The molecule has 1 saturated heterocycles. The van der Waals surface area contributed by atoms with Crippen molar-refractivity contribution >= 4 is 33.6 Å². The zero-order chi connectivity index (χ0) is 22.6. The van der Waals surface area contributed by atoms with E-state index in [1.807, 2.05) is 13.8 Å². The molecule has 1 aromatic heterocycles. The summed E-state index contributed by atoms with van der Waals surface area (Å²) < 4.78 is 26.9. The molecule has 0 saturated carbocycles. The van der Waals surface area contributed by atoms with Crippen molar-refractivity contribution in [3.63, 3.8) is 0 Å².